The summed E-state index contributed by atoms with van der Waals surface area (Å²) in [4.78, 5) is 21.1. The van der Waals surface area contributed by atoms with Crippen LogP contribution in [0.15, 0.2) is 29.3 Å². The van der Waals surface area contributed by atoms with Gasteiger partial charge in [-0.25, -0.2) is 4.99 Å². The van der Waals surface area contributed by atoms with Crippen molar-refractivity contribution in [1.82, 2.24) is 15.5 Å². The Kier molecular flexibility index (Phi) is 7.94. The summed E-state index contributed by atoms with van der Waals surface area (Å²) in [6.45, 7) is 15.8. The molecule has 0 spiro atoms. The summed E-state index contributed by atoms with van der Waals surface area (Å²) in [6, 6.07) is 8.18. The van der Waals surface area contributed by atoms with Gasteiger partial charge in [0.25, 0.3) is 0 Å². The van der Waals surface area contributed by atoms with Crippen molar-refractivity contribution in [3.63, 3.8) is 0 Å². The number of anilines is 1. The van der Waals surface area contributed by atoms with Crippen molar-refractivity contribution in [3.8, 4) is 0 Å². The predicted molar refractivity (Wildman–Crippen MR) is 127 cm³/mol. The van der Waals surface area contributed by atoms with Gasteiger partial charge in [-0.15, -0.1) is 0 Å². The molecule has 2 heterocycles. The number of hydrogen-bond acceptors (Lipinski definition) is 4. The van der Waals surface area contributed by atoms with Crippen LogP contribution in [-0.2, 0) is 16.1 Å². The summed E-state index contributed by atoms with van der Waals surface area (Å²) < 4.78 is 5.89. The van der Waals surface area contributed by atoms with E-state index in [9.17, 15) is 4.79 Å². The Bertz CT molecular complexity index is 752. The third-order valence-electron chi connectivity index (χ3n) is 6.05. The smallest absolute Gasteiger partial charge is 0.227 e. The SMILES string of the molecule is CCNC(=NCc1ccc(N2CCCC2=O)cc1)NCC(C)(C)N1CC(C)OC(C)C1. The second kappa shape index (κ2) is 10.5. The van der Waals surface area contributed by atoms with Crippen LogP contribution in [0.3, 0.4) is 0 Å². The van der Waals surface area contributed by atoms with E-state index in [0.717, 1.165) is 56.4 Å². The summed E-state index contributed by atoms with van der Waals surface area (Å²) in [5.74, 6) is 1.04. The summed E-state index contributed by atoms with van der Waals surface area (Å²) in [7, 11) is 0. The first-order valence-corrected chi connectivity index (χ1v) is 11.6. The lowest BCUT2D eigenvalue weighted by Crippen LogP contribution is -2.59. The number of nitrogens with zero attached hydrogens (tertiary/aromatic N) is 3. The number of aliphatic imine (C=N–C) groups is 1. The number of rotatable bonds is 7. The molecule has 2 fully saturated rings. The van der Waals surface area contributed by atoms with Crippen molar-refractivity contribution in [1.29, 1.82) is 0 Å². The molecule has 172 valence electrons. The van der Waals surface area contributed by atoms with Gasteiger partial charge in [0, 0.05) is 50.4 Å². The maximum absolute atomic E-state index is 11.9. The number of ether oxygens (including phenoxy) is 1. The van der Waals surface area contributed by atoms with Gasteiger partial charge in [0.1, 0.15) is 0 Å². The number of carbonyl (C=O) groups excluding carboxylic acids is 1. The number of benzene rings is 1. The van der Waals surface area contributed by atoms with Gasteiger partial charge in [-0.2, -0.15) is 0 Å². The Hall–Kier alpha value is -2.12. The van der Waals surface area contributed by atoms with Crippen molar-refractivity contribution in [2.24, 2.45) is 4.99 Å². The fraction of sp³-hybridized carbons (Fsp3) is 0.667. The predicted octanol–water partition coefficient (Wildman–Crippen LogP) is 2.76. The molecule has 0 aliphatic carbocycles. The molecule has 2 atom stereocenters. The third-order valence-corrected chi connectivity index (χ3v) is 6.05. The number of carbonyl (C=O) groups is 1. The third kappa shape index (κ3) is 6.43. The average Bonchev–Trinajstić information content (AvgIpc) is 3.15. The normalized spacial score (nSPS) is 23.3. The summed E-state index contributed by atoms with van der Waals surface area (Å²) in [6.07, 6.45) is 2.11. The Morgan fingerprint density at radius 1 is 1.16 bits per heavy atom. The first-order chi connectivity index (χ1) is 14.8. The van der Waals surface area contributed by atoms with Gasteiger partial charge in [-0.3, -0.25) is 9.69 Å². The van der Waals surface area contributed by atoms with E-state index in [1.807, 2.05) is 17.0 Å². The second-order valence-electron chi connectivity index (χ2n) is 9.34. The van der Waals surface area contributed by atoms with Gasteiger partial charge in [-0.05, 0) is 58.7 Å². The molecule has 2 unspecified atom stereocenters. The molecule has 0 saturated carbocycles. The molecule has 2 aliphatic rings. The van der Waals surface area contributed by atoms with E-state index in [4.69, 9.17) is 9.73 Å². The molecule has 0 aromatic heterocycles. The van der Waals surface area contributed by atoms with Crippen molar-refractivity contribution < 1.29 is 9.53 Å². The highest BCUT2D eigenvalue weighted by atomic mass is 16.5. The highest BCUT2D eigenvalue weighted by molar-refractivity contribution is 5.95. The molecule has 2 saturated heterocycles. The van der Waals surface area contributed by atoms with Gasteiger partial charge in [0.2, 0.25) is 5.91 Å². The van der Waals surface area contributed by atoms with Crippen LogP contribution in [0.25, 0.3) is 0 Å². The van der Waals surface area contributed by atoms with Crippen LogP contribution in [0.4, 0.5) is 5.69 Å². The molecule has 0 radical (unpaired) electrons. The number of amides is 1. The number of morpholine rings is 1. The van der Waals surface area contributed by atoms with E-state index in [0.29, 0.717) is 13.0 Å². The molecule has 2 aliphatic heterocycles. The maximum Gasteiger partial charge on any atom is 0.227 e. The lowest BCUT2D eigenvalue weighted by Gasteiger charge is -2.45. The van der Waals surface area contributed by atoms with E-state index < -0.39 is 0 Å². The van der Waals surface area contributed by atoms with Crippen LogP contribution < -0.4 is 15.5 Å². The van der Waals surface area contributed by atoms with Crippen molar-refractivity contribution >= 4 is 17.6 Å². The van der Waals surface area contributed by atoms with Crippen LogP contribution in [0, 0.1) is 0 Å². The van der Waals surface area contributed by atoms with E-state index in [1.165, 1.54) is 0 Å². The molecule has 3 rings (SSSR count). The van der Waals surface area contributed by atoms with Crippen LogP contribution >= 0.6 is 0 Å². The molecule has 7 heteroatoms. The molecule has 2 N–H and O–H groups in total. The van der Waals surface area contributed by atoms with Crippen LogP contribution in [0.5, 0.6) is 0 Å². The fourth-order valence-corrected chi connectivity index (χ4v) is 4.30. The molecule has 31 heavy (non-hydrogen) atoms. The summed E-state index contributed by atoms with van der Waals surface area (Å²) in [5, 5.41) is 6.87. The molecule has 1 aromatic rings. The zero-order valence-corrected chi connectivity index (χ0v) is 19.8. The van der Waals surface area contributed by atoms with E-state index in [2.05, 4.69) is 62.3 Å². The van der Waals surface area contributed by atoms with E-state index >= 15 is 0 Å². The minimum Gasteiger partial charge on any atom is -0.373 e. The average molecular weight is 430 g/mol. The van der Waals surface area contributed by atoms with Gasteiger partial charge < -0.3 is 20.3 Å². The van der Waals surface area contributed by atoms with Gasteiger partial charge in [-0.1, -0.05) is 12.1 Å². The minimum atomic E-state index is -0.00753. The minimum absolute atomic E-state index is 0.00753. The summed E-state index contributed by atoms with van der Waals surface area (Å²) in [5.41, 5.74) is 2.10. The monoisotopic (exact) mass is 429 g/mol. The van der Waals surface area contributed by atoms with Crippen LogP contribution in [-0.4, -0.2) is 67.2 Å². The fourth-order valence-electron chi connectivity index (χ4n) is 4.30. The highest BCUT2D eigenvalue weighted by Gasteiger charge is 2.33. The largest absolute Gasteiger partial charge is 0.373 e. The number of guanidine groups is 1. The number of nitrogens with one attached hydrogen (secondary N) is 2. The molecule has 1 amide bonds. The molecule has 0 bridgehead atoms. The van der Waals surface area contributed by atoms with Crippen molar-refractivity contribution in [2.75, 3.05) is 37.6 Å². The standard InChI is InChI=1S/C24H39N5O2/c1-6-25-23(27-17-24(4,5)28-15-18(2)31-19(3)16-28)26-14-20-9-11-21(12-10-20)29-13-7-8-22(29)30/h9-12,18-19H,6-8,13-17H2,1-5H3,(H2,25,26,27). The van der Waals surface area contributed by atoms with Gasteiger partial charge in [0.15, 0.2) is 5.96 Å². The van der Waals surface area contributed by atoms with Crippen LogP contribution in [0.2, 0.25) is 0 Å². The quantitative estimate of drug-likeness (QED) is 0.515. The van der Waals surface area contributed by atoms with Gasteiger partial charge >= 0.3 is 0 Å². The topological polar surface area (TPSA) is 69.2 Å². The zero-order valence-electron chi connectivity index (χ0n) is 19.8. The van der Waals surface area contributed by atoms with E-state index in [-0.39, 0.29) is 23.7 Å². The van der Waals surface area contributed by atoms with Crippen molar-refractivity contribution in [2.45, 2.75) is 71.8 Å². The first kappa shape index (κ1) is 23.5. The molecular formula is C24H39N5O2. The van der Waals surface area contributed by atoms with Gasteiger partial charge in [0.05, 0.1) is 18.8 Å². The Balaban J connectivity index is 1.57. The summed E-state index contributed by atoms with van der Waals surface area (Å²) >= 11 is 0. The lowest BCUT2D eigenvalue weighted by molar-refractivity contribution is -0.117. The molecular weight excluding hydrogens is 390 g/mol. The Morgan fingerprint density at radius 3 is 2.42 bits per heavy atom. The lowest BCUT2D eigenvalue weighted by atomic mass is 10.00. The molecule has 7 nitrogen and oxygen atoms in total. The Labute approximate surface area is 187 Å². The second-order valence-corrected chi connectivity index (χ2v) is 9.34. The van der Waals surface area contributed by atoms with E-state index in [1.54, 1.807) is 0 Å². The zero-order chi connectivity index (χ0) is 22.4. The Morgan fingerprint density at radius 2 is 1.84 bits per heavy atom. The van der Waals surface area contributed by atoms with Crippen molar-refractivity contribution in [3.05, 3.63) is 29.8 Å². The van der Waals surface area contributed by atoms with Crippen LogP contribution in [0.1, 0.15) is 53.0 Å². The highest BCUT2D eigenvalue weighted by Crippen LogP contribution is 2.22. The maximum atomic E-state index is 11.9. The molecule has 1 aromatic carbocycles. The first-order valence-electron chi connectivity index (χ1n) is 11.6. The number of hydrogen-bond donors (Lipinski definition) is 2.